The summed E-state index contributed by atoms with van der Waals surface area (Å²) < 4.78 is 23.6. The molecule has 2 N–H and O–H groups in total. The number of guanidine groups is 1. The number of nitrogens with one attached hydrogen (secondary N) is 2. The van der Waals surface area contributed by atoms with Crippen LogP contribution in [-0.2, 0) is 9.47 Å². The first-order valence-corrected chi connectivity index (χ1v) is 9.08. The Morgan fingerprint density at radius 1 is 1.19 bits per heavy atom. The molecule has 1 atom stereocenters. The van der Waals surface area contributed by atoms with Crippen molar-refractivity contribution in [3.05, 3.63) is 35.6 Å². The molecule has 148 valence electrons. The third kappa shape index (κ3) is 9.12. The molecule has 1 rings (SSSR count). The van der Waals surface area contributed by atoms with Crippen LogP contribution >= 0.6 is 0 Å². The van der Waals surface area contributed by atoms with Crippen molar-refractivity contribution < 1.29 is 13.9 Å². The average molecular weight is 368 g/mol. The molecule has 1 aromatic rings. The zero-order valence-corrected chi connectivity index (χ0v) is 16.4. The summed E-state index contributed by atoms with van der Waals surface area (Å²) in [5, 5.41) is 6.57. The number of nitrogens with zero attached hydrogens (tertiary/aromatic N) is 2. The molecule has 0 heterocycles. The molecule has 0 aliphatic carbocycles. The Hall–Kier alpha value is -1.70. The first-order chi connectivity index (χ1) is 12.6. The lowest BCUT2D eigenvalue weighted by molar-refractivity contribution is 0.111. The standard InChI is InChI=1S/C19H33FN4O2/c1-5-21-19(22-11-13-24(2)12-6-14-25-3)23-15-18(26-4)16-7-9-17(20)10-8-16/h7-10,18H,5-6,11-15H2,1-4H3,(H2,21,22,23). The highest BCUT2D eigenvalue weighted by atomic mass is 19.1. The van der Waals surface area contributed by atoms with Crippen LogP contribution in [0.2, 0.25) is 0 Å². The summed E-state index contributed by atoms with van der Waals surface area (Å²) in [6, 6.07) is 6.34. The molecule has 6 nitrogen and oxygen atoms in total. The minimum Gasteiger partial charge on any atom is -0.385 e. The molecule has 0 fully saturated rings. The predicted molar refractivity (Wildman–Crippen MR) is 104 cm³/mol. The highest BCUT2D eigenvalue weighted by Gasteiger charge is 2.10. The van der Waals surface area contributed by atoms with E-state index < -0.39 is 0 Å². The van der Waals surface area contributed by atoms with E-state index in [2.05, 4.69) is 27.6 Å². The van der Waals surface area contributed by atoms with Gasteiger partial charge >= 0.3 is 0 Å². The number of hydrogen-bond donors (Lipinski definition) is 2. The van der Waals surface area contributed by atoms with Gasteiger partial charge in [0, 0.05) is 47.0 Å². The molecule has 7 heteroatoms. The molecule has 26 heavy (non-hydrogen) atoms. The van der Waals surface area contributed by atoms with E-state index in [4.69, 9.17) is 9.47 Å². The first kappa shape index (κ1) is 22.3. The van der Waals surface area contributed by atoms with Crippen LogP contribution in [0.3, 0.4) is 0 Å². The normalized spacial score (nSPS) is 13.1. The van der Waals surface area contributed by atoms with Gasteiger partial charge in [-0.05, 0) is 38.1 Å². The maximum absolute atomic E-state index is 13.1. The average Bonchev–Trinajstić information content (AvgIpc) is 2.63. The maximum Gasteiger partial charge on any atom is 0.191 e. The third-order valence-electron chi connectivity index (χ3n) is 3.96. The van der Waals surface area contributed by atoms with Gasteiger partial charge in [-0.3, -0.25) is 4.99 Å². The van der Waals surface area contributed by atoms with Crippen molar-refractivity contribution in [1.29, 1.82) is 0 Å². The van der Waals surface area contributed by atoms with E-state index >= 15 is 0 Å². The summed E-state index contributed by atoms with van der Waals surface area (Å²) in [6.07, 6.45) is 0.816. The number of methoxy groups -OCH3 is 2. The lowest BCUT2D eigenvalue weighted by Crippen LogP contribution is -2.41. The monoisotopic (exact) mass is 368 g/mol. The van der Waals surface area contributed by atoms with Gasteiger partial charge < -0.3 is 25.0 Å². The smallest absolute Gasteiger partial charge is 0.191 e. The van der Waals surface area contributed by atoms with Crippen molar-refractivity contribution in [3.8, 4) is 0 Å². The molecule has 0 aliphatic rings. The fourth-order valence-electron chi connectivity index (χ4n) is 2.47. The lowest BCUT2D eigenvalue weighted by atomic mass is 10.1. The van der Waals surface area contributed by atoms with Gasteiger partial charge in [0.15, 0.2) is 5.96 Å². The van der Waals surface area contributed by atoms with Crippen molar-refractivity contribution in [2.24, 2.45) is 4.99 Å². The maximum atomic E-state index is 13.1. The van der Waals surface area contributed by atoms with Crippen LogP contribution in [0, 0.1) is 5.82 Å². The molecule has 0 aliphatic heterocycles. The van der Waals surface area contributed by atoms with Gasteiger partial charge in [-0.25, -0.2) is 4.39 Å². The van der Waals surface area contributed by atoms with Crippen LogP contribution in [0.4, 0.5) is 4.39 Å². The van der Waals surface area contributed by atoms with E-state index in [1.54, 1.807) is 26.4 Å². The second-order valence-electron chi connectivity index (χ2n) is 6.07. The highest BCUT2D eigenvalue weighted by molar-refractivity contribution is 5.79. The van der Waals surface area contributed by atoms with E-state index in [0.717, 1.165) is 50.7 Å². The van der Waals surface area contributed by atoms with Crippen LogP contribution < -0.4 is 10.6 Å². The summed E-state index contributed by atoms with van der Waals surface area (Å²) in [5.74, 6) is 0.499. The number of likely N-dealkylation sites (N-methyl/N-ethyl adjacent to an activating group) is 1. The Balaban J connectivity index is 2.49. The zero-order valence-electron chi connectivity index (χ0n) is 16.4. The van der Waals surface area contributed by atoms with Gasteiger partial charge in [0.1, 0.15) is 11.9 Å². The van der Waals surface area contributed by atoms with Gasteiger partial charge in [0.25, 0.3) is 0 Å². The Bertz CT molecular complexity index is 511. The van der Waals surface area contributed by atoms with E-state index in [0.29, 0.717) is 6.54 Å². The van der Waals surface area contributed by atoms with E-state index in [1.807, 2.05) is 6.92 Å². The van der Waals surface area contributed by atoms with E-state index in [1.165, 1.54) is 12.1 Å². The predicted octanol–water partition coefficient (Wildman–Crippen LogP) is 2.04. The van der Waals surface area contributed by atoms with Gasteiger partial charge in [0.05, 0.1) is 6.54 Å². The van der Waals surface area contributed by atoms with Gasteiger partial charge in [0.2, 0.25) is 0 Å². The van der Waals surface area contributed by atoms with Crippen molar-refractivity contribution in [2.75, 3.05) is 60.6 Å². The van der Waals surface area contributed by atoms with Crippen LogP contribution in [0.25, 0.3) is 0 Å². The number of hydrogen-bond acceptors (Lipinski definition) is 4. The molecule has 0 aromatic heterocycles. The Morgan fingerprint density at radius 3 is 2.54 bits per heavy atom. The summed E-state index contributed by atoms with van der Waals surface area (Å²) in [6.45, 7) is 6.76. The van der Waals surface area contributed by atoms with Crippen molar-refractivity contribution in [1.82, 2.24) is 15.5 Å². The number of ether oxygens (including phenoxy) is 2. The van der Waals surface area contributed by atoms with Crippen LogP contribution in [0.5, 0.6) is 0 Å². The van der Waals surface area contributed by atoms with Crippen LogP contribution in [0.1, 0.15) is 25.0 Å². The first-order valence-electron chi connectivity index (χ1n) is 9.08. The van der Waals surface area contributed by atoms with Crippen LogP contribution in [-0.4, -0.2) is 71.5 Å². The highest BCUT2D eigenvalue weighted by Crippen LogP contribution is 2.17. The number of rotatable bonds is 12. The van der Waals surface area contributed by atoms with Crippen molar-refractivity contribution in [3.63, 3.8) is 0 Å². The second kappa shape index (κ2) is 13.5. The fraction of sp³-hybridized carbons (Fsp3) is 0.632. The third-order valence-corrected chi connectivity index (χ3v) is 3.96. The summed E-state index contributed by atoms with van der Waals surface area (Å²) in [7, 11) is 5.45. The molecule has 0 saturated heterocycles. The molecule has 0 bridgehead atoms. The minimum atomic E-state index is -0.253. The number of halogens is 1. The molecule has 0 saturated carbocycles. The molecule has 0 radical (unpaired) electrons. The van der Waals surface area contributed by atoms with Crippen molar-refractivity contribution >= 4 is 5.96 Å². The quantitative estimate of drug-likeness (QED) is 0.336. The zero-order chi connectivity index (χ0) is 19.2. The van der Waals surface area contributed by atoms with Crippen molar-refractivity contribution in [2.45, 2.75) is 19.4 Å². The second-order valence-corrected chi connectivity index (χ2v) is 6.07. The summed E-state index contributed by atoms with van der Waals surface area (Å²) >= 11 is 0. The SMILES string of the molecule is CCNC(=NCC(OC)c1ccc(F)cc1)NCCN(C)CCCOC. The van der Waals surface area contributed by atoms with E-state index in [-0.39, 0.29) is 11.9 Å². The Labute approximate surface area is 156 Å². The Morgan fingerprint density at radius 2 is 1.92 bits per heavy atom. The summed E-state index contributed by atoms with van der Waals surface area (Å²) in [4.78, 5) is 6.85. The lowest BCUT2D eigenvalue weighted by Gasteiger charge is -2.19. The van der Waals surface area contributed by atoms with Crippen LogP contribution in [0.15, 0.2) is 29.3 Å². The molecule has 1 aromatic carbocycles. The fourth-order valence-corrected chi connectivity index (χ4v) is 2.47. The molecule has 0 amide bonds. The van der Waals surface area contributed by atoms with E-state index in [9.17, 15) is 4.39 Å². The Kier molecular flexibility index (Phi) is 11.6. The topological polar surface area (TPSA) is 58.1 Å². The molecular weight excluding hydrogens is 335 g/mol. The largest absolute Gasteiger partial charge is 0.385 e. The minimum absolute atomic E-state index is 0.206. The van der Waals surface area contributed by atoms with Gasteiger partial charge in [-0.2, -0.15) is 0 Å². The molecular formula is C19H33FN4O2. The number of aliphatic imine (C=N–C) groups is 1. The molecule has 0 spiro atoms. The molecule has 1 unspecified atom stereocenters. The summed E-state index contributed by atoms with van der Waals surface area (Å²) in [5.41, 5.74) is 0.909. The number of benzene rings is 1. The van der Waals surface area contributed by atoms with Gasteiger partial charge in [-0.1, -0.05) is 12.1 Å². The van der Waals surface area contributed by atoms with Gasteiger partial charge in [-0.15, -0.1) is 0 Å².